The zero-order chi connectivity index (χ0) is 23.5. The quantitative estimate of drug-likeness (QED) is 0.434. The maximum atomic E-state index is 13.3. The van der Waals surface area contributed by atoms with Crippen LogP contribution in [0.5, 0.6) is 5.75 Å². The summed E-state index contributed by atoms with van der Waals surface area (Å²) in [5.74, 6) is -10.7. The molecule has 0 bridgehead atoms. The number of phenols is 1. The fourth-order valence-corrected chi connectivity index (χ4v) is 5.35. The molecule has 4 N–H and O–H groups in total. The molecule has 0 aliphatic heterocycles. The van der Waals surface area contributed by atoms with Crippen molar-refractivity contribution in [2.45, 2.75) is 31.8 Å². The van der Waals surface area contributed by atoms with Gasteiger partial charge in [0.15, 0.2) is 40.4 Å². The van der Waals surface area contributed by atoms with Gasteiger partial charge in [-0.25, -0.2) is 0 Å². The molecule has 166 valence electrons. The number of primary amides is 1. The Morgan fingerprint density at radius 2 is 1.81 bits per heavy atom. The van der Waals surface area contributed by atoms with Crippen LogP contribution >= 0.6 is 0 Å². The van der Waals surface area contributed by atoms with Crippen molar-refractivity contribution in [2.24, 2.45) is 29.4 Å². The number of ketones is 5. The third-order valence-corrected chi connectivity index (χ3v) is 6.82. The summed E-state index contributed by atoms with van der Waals surface area (Å²) in [5.41, 5.74) is 3.37. The van der Waals surface area contributed by atoms with Crippen LogP contribution in [0.1, 0.15) is 41.3 Å². The van der Waals surface area contributed by atoms with Crippen LogP contribution in [0.15, 0.2) is 18.2 Å². The Labute approximate surface area is 182 Å². The normalized spacial score (nSPS) is 31.8. The number of aromatic hydroxyl groups is 1. The van der Waals surface area contributed by atoms with Gasteiger partial charge in [-0.3, -0.25) is 28.8 Å². The lowest BCUT2D eigenvalue weighted by Crippen LogP contribution is -2.68. The summed E-state index contributed by atoms with van der Waals surface area (Å²) in [7, 11) is 0. The number of benzene rings is 1. The van der Waals surface area contributed by atoms with Crippen LogP contribution in [0, 0.1) is 23.7 Å². The molecule has 1 aromatic carbocycles. The molecular weight excluding hydrogens is 418 g/mol. The van der Waals surface area contributed by atoms with E-state index in [1.807, 2.05) is 0 Å². The number of amides is 1. The number of carbonyl (C=O) groups excluding carboxylic acids is 6. The minimum absolute atomic E-state index is 0.0204. The van der Waals surface area contributed by atoms with Crippen molar-refractivity contribution in [1.82, 2.24) is 0 Å². The van der Waals surface area contributed by atoms with Gasteiger partial charge in [-0.1, -0.05) is 12.1 Å². The van der Waals surface area contributed by atoms with Gasteiger partial charge in [0.25, 0.3) is 0 Å². The van der Waals surface area contributed by atoms with Crippen molar-refractivity contribution in [3.8, 4) is 5.75 Å². The van der Waals surface area contributed by atoms with Gasteiger partial charge in [0.2, 0.25) is 5.91 Å². The molecule has 32 heavy (non-hydrogen) atoms. The van der Waals surface area contributed by atoms with Crippen molar-refractivity contribution >= 4 is 40.9 Å². The Kier molecular flexibility index (Phi) is 4.97. The van der Waals surface area contributed by atoms with Gasteiger partial charge >= 0.3 is 0 Å². The standard InChI is InChI=1S/C23H21NO8/c1-9(25)2-3-10-4-5-14(26)17-13(10)7-11-6-12-8-15(27)18(22(24)31)21(30)23(12,32)20(29)16(11)19(17)28/h2-5,11-12,16,18,26,32H,6-8H2,1H3,(H2,24,31)/t11-,12+,16?,18?,23+/m1/s1. The number of fused-ring (bicyclic) bond motifs is 3. The molecule has 2 unspecified atom stereocenters. The third kappa shape index (κ3) is 2.96. The van der Waals surface area contributed by atoms with Crippen LogP contribution < -0.4 is 5.73 Å². The number of aliphatic hydroxyl groups is 1. The van der Waals surface area contributed by atoms with Gasteiger partial charge in [0.05, 0.1) is 11.5 Å². The second kappa shape index (κ2) is 7.30. The molecule has 1 amide bonds. The van der Waals surface area contributed by atoms with E-state index >= 15 is 0 Å². The number of hydrogen-bond acceptors (Lipinski definition) is 8. The largest absolute Gasteiger partial charge is 0.507 e. The van der Waals surface area contributed by atoms with Crippen molar-refractivity contribution in [3.05, 3.63) is 34.9 Å². The summed E-state index contributed by atoms with van der Waals surface area (Å²) in [6.07, 6.45) is 2.63. The van der Waals surface area contributed by atoms with E-state index in [9.17, 15) is 39.0 Å². The Bertz CT molecular complexity index is 1150. The molecule has 0 radical (unpaired) electrons. The Morgan fingerprint density at radius 1 is 1.12 bits per heavy atom. The van der Waals surface area contributed by atoms with E-state index in [-0.39, 0.29) is 36.4 Å². The van der Waals surface area contributed by atoms with Crippen LogP contribution in [-0.4, -0.2) is 50.6 Å². The number of carbonyl (C=O) groups is 6. The van der Waals surface area contributed by atoms with Gasteiger partial charge < -0.3 is 15.9 Å². The summed E-state index contributed by atoms with van der Waals surface area (Å²) >= 11 is 0. The number of allylic oxidation sites excluding steroid dienone is 1. The Balaban J connectivity index is 1.81. The predicted octanol–water partition coefficient (Wildman–Crippen LogP) is -0.0709. The molecule has 4 rings (SSSR count). The summed E-state index contributed by atoms with van der Waals surface area (Å²) in [5, 5.41) is 21.5. The van der Waals surface area contributed by atoms with Crippen LogP contribution in [0.4, 0.5) is 0 Å². The van der Waals surface area contributed by atoms with Gasteiger partial charge in [-0.2, -0.15) is 0 Å². The van der Waals surface area contributed by atoms with E-state index in [0.29, 0.717) is 11.1 Å². The van der Waals surface area contributed by atoms with E-state index in [1.54, 1.807) is 6.07 Å². The molecule has 9 nitrogen and oxygen atoms in total. The smallest absolute Gasteiger partial charge is 0.235 e. The molecule has 0 saturated heterocycles. The average Bonchev–Trinajstić information content (AvgIpc) is 2.69. The Morgan fingerprint density at radius 3 is 2.44 bits per heavy atom. The first-order valence-electron chi connectivity index (χ1n) is 10.2. The number of phenolic OH excluding ortho intramolecular Hbond substituents is 1. The summed E-state index contributed by atoms with van der Waals surface area (Å²) in [6, 6.07) is 2.82. The second-order valence-corrected chi connectivity index (χ2v) is 8.71. The van der Waals surface area contributed by atoms with E-state index in [1.165, 1.54) is 25.1 Å². The lowest BCUT2D eigenvalue weighted by atomic mass is 9.53. The molecule has 3 aliphatic rings. The summed E-state index contributed by atoms with van der Waals surface area (Å²) in [6.45, 7) is 1.36. The molecule has 0 aromatic heterocycles. The van der Waals surface area contributed by atoms with Crippen LogP contribution in [0.25, 0.3) is 6.08 Å². The van der Waals surface area contributed by atoms with Crippen molar-refractivity contribution in [2.75, 3.05) is 0 Å². The predicted molar refractivity (Wildman–Crippen MR) is 108 cm³/mol. The lowest BCUT2D eigenvalue weighted by Gasteiger charge is -2.48. The number of hydrogen-bond donors (Lipinski definition) is 3. The Hall–Kier alpha value is -3.46. The fourth-order valence-electron chi connectivity index (χ4n) is 5.35. The van der Waals surface area contributed by atoms with E-state index in [4.69, 9.17) is 5.73 Å². The van der Waals surface area contributed by atoms with E-state index in [0.717, 1.165) is 0 Å². The maximum absolute atomic E-state index is 13.3. The van der Waals surface area contributed by atoms with E-state index < -0.39 is 58.3 Å². The molecule has 5 atom stereocenters. The number of Topliss-reactive ketones (excluding diaryl/α,β-unsaturated/α-hetero) is 4. The molecule has 1 aromatic rings. The lowest BCUT2D eigenvalue weighted by molar-refractivity contribution is -0.175. The molecule has 9 heteroatoms. The highest BCUT2D eigenvalue weighted by molar-refractivity contribution is 6.31. The average molecular weight is 439 g/mol. The minimum Gasteiger partial charge on any atom is -0.507 e. The molecule has 0 spiro atoms. The van der Waals surface area contributed by atoms with Crippen LogP contribution in [-0.2, 0) is 30.4 Å². The summed E-state index contributed by atoms with van der Waals surface area (Å²) in [4.78, 5) is 74.8. The highest BCUT2D eigenvalue weighted by Gasteiger charge is 2.66. The van der Waals surface area contributed by atoms with Gasteiger partial charge in [-0.05, 0) is 49.0 Å². The van der Waals surface area contributed by atoms with Gasteiger partial charge in [0, 0.05) is 12.3 Å². The SMILES string of the molecule is CC(=O)C=Cc1ccc(O)c2c1C[C@H]1C[C@H]3CC(=O)C(C(N)=O)C(=O)[C@@]3(O)C(=O)C1C2=O. The third-order valence-electron chi connectivity index (χ3n) is 6.82. The molecule has 3 aliphatic carbocycles. The van der Waals surface area contributed by atoms with E-state index in [2.05, 4.69) is 0 Å². The fraction of sp³-hybridized carbons (Fsp3) is 0.391. The van der Waals surface area contributed by atoms with Crippen molar-refractivity contribution in [3.63, 3.8) is 0 Å². The number of rotatable bonds is 3. The van der Waals surface area contributed by atoms with Gasteiger partial charge in [0.1, 0.15) is 5.75 Å². The van der Waals surface area contributed by atoms with Crippen LogP contribution in [0.2, 0.25) is 0 Å². The first-order valence-corrected chi connectivity index (χ1v) is 10.2. The maximum Gasteiger partial charge on any atom is 0.235 e. The topological polar surface area (TPSA) is 169 Å². The summed E-state index contributed by atoms with van der Waals surface area (Å²) < 4.78 is 0. The van der Waals surface area contributed by atoms with Gasteiger partial charge in [-0.15, -0.1) is 0 Å². The molecule has 2 fully saturated rings. The number of nitrogens with two attached hydrogens (primary N) is 1. The zero-order valence-corrected chi connectivity index (χ0v) is 17.2. The molecule has 2 saturated carbocycles. The zero-order valence-electron chi connectivity index (χ0n) is 17.2. The van der Waals surface area contributed by atoms with Crippen molar-refractivity contribution in [1.29, 1.82) is 0 Å². The molecule has 0 heterocycles. The minimum atomic E-state index is -2.66. The second-order valence-electron chi connectivity index (χ2n) is 8.71. The monoisotopic (exact) mass is 439 g/mol. The highest BCUT2D eigenvalue weighted by Crippen LogP contribution is 2.50. The molecular formula is C23H21NO8. The highest BCUT2D eigenvalue weighted by atomic mass is 16.3. The first-order chi connectivity index (χ1) is 15.0. The van der Waals surface area contributed by atoms with Crippen molar-refractivity contribution < 1.29 is 39.0 Å². The van der Waals surface area contributed by atoms with Crippen LogP contribution in [0.3, 0.4) is 0 Å². The first kappa shape index (κ1) is 21.8.